The first-order valence-electron chi connectivity index (χ1n) is 5.26. The Hall–Kier alpha value is -0.340. The summed E-state index contributed by atoms with van der Waals surface area (Å²) in [5.74, 6) is 0. The molecule has 1 rings (SSSR count). The molecule has 0 spiro atoms. The predicted molar refractivity (Wildman–Crippen MR) is 78.0 cm³/mol. The van der Waals surface area contributed by atoms with Gasteiger partial charge in [-0.05, 0) is 47.1 Å². The van der Waals surface area contributed by atoms with Crippen molar-refractivity contribution in [3.63, 3.8) is 0 Å². The molecule has 0 aliphatic heterocycles. The van der Waals surface area contributed by atoms with Gasteiger partial charge in [0.25, 0.3) is 0 Å². The first-order valence-corrected chi connectivity index (χ1v) is 7.87. The lowest BCUT2D eigenvalue weighted by molar-refractivity contribution is 0.468. The summed E-state index contributed by atoms with van der Waals surface area (Å²) in [5.41, 5.74) is 5.79. The van der Waals surface area contributed by atoms with Gasteiger partial charge in [0, 0.05) is 23.1 Å². The summed E-state index contributed by atoms with van der Waals surface area (Å²) < 4.78 is 28.2. The van der Waals surface area contributed by atoms with Gasteiger partial charge in [0.1, 0.15) is 0 Å². The number of nitrogens with one attached hydrogen (secondary N) is 1. The fourth-order valence-corrected chi connectivity index (χ4v) is 3.12. The largest absolute Gasteiger partial charge is 0.330 e. The zero-order chi connectivity index (χ0) is 13.8. The van der Waals surface area contributed by atoms with E-state index in [1.54, 1.807) is 18.2 Å². The molecule has 0 saturated heterocycles. The summed E-state index contributed by atoms with van der Waals surface area (Å²) in [4.78, 5) is 0. The molecule has 0 unspecified atom stereocenters. The second kappa shape index (κ2) is 6.72. The first-order chi connectivity index (χ1) is 8.36. The standard InChI is InChI=1S/C10H15BrClN3O2S/c1-15(6-2-5-13)18(16,17)14-10-4-3-8(12)7-9(10)11/h3-4,7,14H,2,5-6,13H2,1H3. The van der Waals surface area contributed by atoms with E-state index in [4.69, 9.17) is 17.3 Å². The predicted octanol–water partition coefficient (Wildman–Crippen LogP) is 2.04. The smallest absolute Gasteiger partial charge is 0.301 e. The molecule has 0 saturated carbocycles. The topological polar surface area (TPSA) is 75.4 Å². The van der Waals surface area contributed by atoms with Crippen LogP contribution < -0.4 is 10.5 Å². The van der Waals surface area contributed by atoms with Gasteiger partial charge in [0.2, 0.25) is 0 Å². The van der Waals surface area contributed by atoms with E-state index < -0.39 is 10.2 Å². The molecule has 0 aromatic heterocycles. The van der Waals surface area contributed by atoms with Gasteiger partial charge in [0.05, 0.1) is 5.69 Å². The van der Waals surface area contributed by atoms with Gasteiger partial charge >= 0.3 is 10.2 Å². The molecule has 0 fully saturated rings. The monoisotopic (exact) mass is 355 g/mol. The third-order valence-corrected chi connectivity index (χ3v) is 4.63. The van der Waals surface area contributed by atoms with Crippen LogP contribution in [0.5, 0.6) is 0 Å². The Morgan fingerprint density at radius 2 is 2.17 bits per heavy atom. The van der Waals surface area contributed by atoms with Crippen molar-refractivity contribution in [2.24, 2.45) is 5.73 Å². The van der Waals surface area contributed by atoms with Gasteiger partial charge in [-0.25, -0.2) is 0 Å². The normalized spacial score (nSPS) is 11.8. The summed E-state index contributed by atoms with van der Waals surface area (Å²) >= 11 is 9.04. The summed E-state index contributed by atoms with van der Waals surface area (Å²) in [6, 6.07) is 4.84. The van der Waals surface area contributed by atoms with Gasteiger partial charge in [-0.15, -0.1) is 0 Å². The van der Waals surface area contributed by atoms with E-state index in [1.165, 1.54) is 11.4 Å². The summed E-state index contributed by atoms with van der Waals surface area (Å²) in [6.07, 6.45) is 0.610. The maximum absolute atomic E-state index is 12.0. The Kier molecular flexibility index (Phi) is 5.87. The third kappa shape index (κ3) is 4.40. The van der Waals surface area contributed by atoms with Gasteiger partial charge in [-0.2, -0.15) is 12.7 Å². The van der Waals surface area contributed by atoms with Crippen molar-refractivity contribution in [3.8, 4) is 0 Å². The van der Waals surface area contributed by atoms with Crippen LogP contribution in [0, 0.1) is 0 Å². The van der Waals surface area contributed by atoms with Crippen LogP contribution in [0.2, 0.25) is 5.02 Å². The van der Waals surface area contributed by atoms with E-state index >= 15 is 0 Å². The molecule has 1 aromatic rings. The van der Waals surface area contributed by atoms with Crippen molar-refractivity contribution in [1.82, 2.24) is 4.31 Å². The Balaban J connectivity index is 2.82. The van der Waals surface area contributed by atoms with E-state index in [0.29, 0.717) is 34.7 Å². The maximum Gasteiger partial charge on any atom is 0.301 e. The van der Waals surface area contributed by atoms with E-state index in [0.717, 1.165) is 0 Å². The van der Waals surface area contributed by atoms with Crippen molar-refractivity contribution in [1.29, 1.82) is 0 Å². The quantitative estimate of drug-likeness (QED) is 0.819. The van der Waals surface area contributed by atoms with E-state index in [9.17, 15) is 8.42 Å². The van der Waals surface area contributed by atoms with E-state index in [2.05, 4.69) is 20.7 Å². The van der Waals surface area contributed by atoms with Crippen LogP contribution in [-0.2, 0) is 10.2 Å². The molecular formula is C10H15BrClN3O2S. The van der Waals surface area contributed by atoms with Crippen molar-refractivity contribution >= 4 is 43.4 Å². The van der Waals surface area contributed by atoms with Crippen molar-refractivity contribution in [2.75, 3.05) is 24.9 Å². The number of rotatable bonds is 6. The average molecular weight is 357 g/mol. The lowest BCUT2D eigenvalue weighted by Gasteiger charge is -2.18. The van der Waals surface area contributed by atoms with Gasteiger partial charge in [-0.1, -0.05) is 11.6 Å². The Bertz CT molecular complexity index is 510. The minimum atomic E-state index is -3.57. The molecule has 8 heteroatoms. The van der Waals surface area contributed by atoms with Crippen LogP contribution in [-0.4, -0.2) is 32.9 Å². The Morgan fingerprint density at radius 1 is 1.50 bits per heavy atom. The highest BCUT2D eigenvalue weighted by atomic mass is 79.9. The zero-order valence-corrected chi connectivity index (χ0v) is 13.0. The maximum atomic E-state index is 12.0. The van der Waals surface area contributed by atoms with Crippen LogP contribution in [0.4, 0.5) is 5.69 Å². The number of nitrogens with zero attached hydrogens (tertiary/aromatic N) is 1. The molecule has 3 N–H and O–H groups in total. The molecule has 0 heterocycles. The molecule has 0 aliphatic rings. The summed E-state index contributed by atoms with van der Waals surface area (Å²) in [7, 11) is -2.06. The number of benzene rings is 1. The minimum Gasteiger partial charge on any atom is -0.330 e. The van der Waals surface area contributed by atoms with Crippen molar-refractivity contribution < 1.29 is 8.42 Å². The molecule has 0 aliphatic carbocycles. The lowest BCUT2D eigenvalue weighted by Crippen LogP contribution is -2.34. The van der Waals surface area contributed by atoms with Gasteiger partial charge in [0.15, 0.2) is 0 Å². The van der Waals surface area contributed by atoms with Crippen LogP contribution in [0.3, 0.4) is 0 Å². The Labute approximate surface area is 121 Å². The highest BCUT2D eigenvalue weighted by Crippen LogP contribution is 2.26. The Morgan fingerprint density at radius 3 is 2.72 bits per heavy atom. The van der Waals surface area contributed by atoms with E-state index in [-0.39, 0.29) is 0 Å². The molecule has 102 valence electrons. The second-order valence-corrected chi connectivity index (χ2v) is 6.76. The fraction of sp³-hybridized carbons (Fsp3) is 0.400. The third-order valence-electron chi connectivity index (χ3n) is 2.26. The van der Waals surface area contributed by atoms with Crippen molar-refractivity contribution in [3.05, 3.63) is 27.7 Å². The first kappa shape index (κ1) is 15.7. The summed E-state index contributed by atoms with van der Waals surface area (Å²) in [5, 5.41) is 0.529. The number of nitrogens with two attached hydrogens (primary N) is 1. The molecule has 1 aromatic carbocycles. The number of anilines is 1. The van der Waals surface area contributed by atoms with Crippen LogP contribution in [0.25, 0.3) is 0 Å². The lowest BCUT2D eigenvalue weighted by atomic mass is 10.3. The zero-order valence-electron chi connectivity index (χ0n) is 9.86. The molecule has 0 radical (unpaired) electrons. The summed E-state index contributed by atoms with van der Waals surface area (Å²) in [6.45, 7) is 0.821. The van der Waals surface area contributed by atoms with Gasteiger partial charge < -0.3 is 5.73 Å². The molecule has 0 bridgehead atoms. The molecule has 5 nitrogen and oxygen atoms in total. The van der Waals surface area contributed by atoms with E-state index in [1.807, 2.05) is 0 Å². The fourth-order valence-electron chi connectivity index (χ4n) is 1.22. The second-order valence-electron chi connectivity index (χ2n) is 3.70. The molecular weight excluding hydrogens is 342 g/mol. The van der Waals surface area contributed by atoms with Crippen LogP contribution >= 0.6 is 27.5 Å². The molecule has 0 amide bonds. The van der Waals surface area contributed by atoms with Crippen LogP contribution in [0.1, 0.15) is 6.42 Å². The number of hydrogen-bond acceptors (Lipinski definition) is 3. The number of hydrogen-bond donors (Lipinski definition) is 2. The highest BCUT2D eigenvalue weighted by Gasteiger charge is 2.18. The minimum absolute atomic E-state index is 0.372. The van der Waals surface area contributed by atoms with Crippen LogP contribution in [0.15, 0.2) is 22.7 Å². The highest BCUT2D eigenvalue weighted by molar-refractivity contribution is 9.10. The molecule has 0 atom stereocenters. The van der Waals surface area contributed by atoms with Crippen molar-refractivity contribution in [2.45, 2.75) is 6.42 Å². The van der Waals surface area contributed by atoms with Gasteiger partial charge in [-0.3, -0.25) is 4.72 Å². The molecule has 18 heavy (non-hydrogen) atoms. The average Bonchev–Trinajstić information content (AvgIpc) is 2.29. The SMILES string of the molecule is CN(CCCN)S(=O)(=O)Nc1ccc(Cl)cc1Br. The number of halogens is 2.